The highest BCUT2D eigenvalue weighted by Gasteiger charge is 2.35. The van der Waals surface area contributed by atoms with Gasteiger partial charge in [-0.15, -0.1) is 0 Å². The lowest BCUT2D eigenvalue weighted by Crippen LogP contribution is -2.41. The lowest BCUT2D eigenvalue weighted by atomic mass is 10.0. The zero-order chi connectivity index (χ0) is 9.54. The Labute approximate surface area is 83.5 Å². The summed E-state index contributed by atoms with van der Waals surface area (Å²) in [5.74, 6) is 0.311. The molecule has 2 heterocycles. The first-order chi connectivity index (χ1) is 6.86. The third-order valence-corrected chi connectivity index (χ3v) is 3.27. The summed E-state index contributed by atoms with van der Waals surface area (Å²) in [7, 11) is 0. The van der Waals surface area contributed by atoms with Crippen molar-refractivity contribution in [2.24, 2.45) is 0 Å². The van der Waals surface area contributed by atoms with Gasteiger partial charge in [0.2, 0.25) is 5.91 Å². The van der Waals surface area contributed by atoms with Gasteiger partial charge >= 0.3 is 0 Å². The third-order valence-electron chi connectivity index (χ3n) is 3.27. The highest BCUT2D eigenvalue weighted by atomic mass is 16.2. The summed E-state index contributed by atoms with van der Waals surface area (Å²) in [6, 6.07) is 8.73. The van der Waals surface area contributed by atoms with Crippen molar-refractivity contribution < 1.29 is 4.79 Å². The molecule has 2 aliphatic heterocycles. The predicted octanol–water partition coefficient (Wildman–Crippen LogP) is 2.13. The number of rotatable bonds is 0. The van der Waals surface area contributed by atoms with Crippen molar-refractivity contribution in [3.63, 3.8) is 0 Å². The molecule has 1 aromatic rings. The van der Waals surface area contributed by atoms with E-state index >= 15 is 0 Å². The number of hydrogen-bond donors (Lipinski definition) is 0. The number of carbonyl (C=O) groups excluding carboxylic acids is 1. The first kappa shape index (κ1) is 8.04. The molecular weight excluding hydrogens is 174 g/mol. The first-order valence-corrected chi connectivity index (χ1v) is 5.26. The van der Waals surface area contributed by atoms with E-state index < -0.39 is 0 Å². The van der Waals surface area contributed by atoms with E-state index in [-0.39, 0.29) is 0 Å². The van der Waals surface area contributed by atoms with Crippen LogP contribution in [-0.4, -0.2) is 11.9 Å². The molecule has 2 nitrogen and oxygen atoms in total. The zero-order valence-electron chi connectivity index (χ0n) is 8.07. The number of fused-ring (bicyclic) bond motifs is 3. The Hall–Kier alpha value is -1.31. The van der Waals surface area contributed by atoms with Gasteiger partial charge in [-0.05, 0) is 30.9 Å². The second kappa shape index (κ2) is 2.84. The van der Waals surface area contributed by atoms with Crippen LogP contribution in [0.25, 0.3) is 0 Å². The average Bonchev–Trinajstić information content (AvgIpc) is 2.57. The van der Waals surface area contributed by atoms with Gasteiger partial charge in [-0.25, -0.2) is 0 Å². The Kier molecular flexibility index (Phi) is 1.63. The van der Waals surface area contributed by atoms with Gasteiger partial charge in [0.25, 0.3) is 0 Å². The maximum absolute atomic E-state index is 11.8. The zero-order valence-corrected chi connectivity index (χ0v) is 8.07. The number of carbonyl (C=O) groups is 1. The number of nitrogens with zero attached hydrogens (tertiary/aromatic N) is 1. The third kappa shape index (κ3) is 0.999. The standard InChI is InChI=1S/C12H13NO/c14-12-7-3-5-10-8-9-4-1-2-6-11(9)13(10)12/h1-2,4,6,10H,3,5,7-8H2. The Bertz CT molecular complexity index is 386. The first-order valence-electron chi connectivity index (χ1n) is 5.26. The molecule has 2 heteroatoms. The van der Waals surface area contributed by atoms with E-state index in [0.717, 1.165) is 24.9 Å². The van der Waals surface area contributed by atoms with Crippen LogP contribution in [0.3, 0.4) is 0 Å². The summed E-state index contributed by atoms with van der Waals surface area (Å²) in [4.78, 5) is 13.8. The molecule has 0 spiro atoms. The molecule has 0 bridgehead atoms. The van der Waals surface area contributed by atoms with E-state index in [1.165, 1.54) is 12.0 Å². The number of para-hydroxylation sites is 1. The van der Waals surface area contributed by atoms with Crippen LogP contribution < -0.4 is 4.90 Å². The highest BCUT2D eigenvalue weighted by Crippen LogP contribution is 2.36. The summed E-state index contributed by atoms with van der Waals surface area (Å²) in [6.07, 6.45) is 4.02. The van der Waals surface area contributed by atoms with E-state index in [1.807, 2.05) is 11.0 Å². The lowest BCUT2D eigenvalue weighted by Gasteiger charge is -2.29. The summed E-state index contributed by atoms with van der Waals surface area (Å²) in [6.45, 7) is 0. The van der Waals surface area contributed by atoms with Crippen LogP contribution in [-0.2, 0) is 11.2 Å². The minimum absolute atomic E-state index is 0.311. The molecule has 1 amide bonds. The number of piperidine rings is 1. The summed E-state index contributed by atoms with van der Waals surface area (Å²) >= 11 is 0. The van der Waals surface area contributed by atoms with Gasteiger partial charge in [-0.1, -0.05) is 18.2 Å². The van der Waals surface area contributed by atoms with Crippen LogP contribution in [0.2, 0.25) is 0 Å². The van der Waals surface area contributed by atoms with Gasteiger partial charge in [-0.2, -0.15) is 0 Å². The smallest absolute Gasteiger partial charge is 0.227 e. The molecule has 2 aliphatic rings. The van der Waals surface area contributed by atoms with Crippen LogP contribution in [0.4, 0.5) is 5.69 Å². The van der Waals surface area contributed by atoms with Crippen LogP contribution in [0.5, 0.6) is 0 Å². The molecule has 14 heavy (non-hydrogen) atoms. The Morgan fingerprint density at radius 1 is 1.29 bits per heavy atom. The number of benzene rings is 1. The van der Waals surface area contributed by atoms with Gasteiger partial charge in [0, 0.05) is 18.2 Å². The maximum Gasteiger partial charge on any atom is 0.227 e. The molecule has 1 atom stereocenters. The monoisotopic (exact) mass is 187 g/mol. The van der Waals surface area contributed by atoms with Gasteiger partial charge in [0.15, 0.2) is 0 Å². The fourth-order valence-corrected chi connectivity index (χ4v) is 2.64. The van der Waals surface area contributed by atoms with Crippen molar-refractivity contribution in [3.05, 3.63) is 29.8 Å². The lowest BCUT2D eigenvalue weighted by molar-refractivity contribution is -0.120. The molecule has 0 saturated carbocycles. The SMILES string of the molecule is O=C1CCCC2Cc3ccccc3N12. The fraction of sp³-hybridized carbons (Fsp3) is 0.417. The minimum Gasteiger partial charge on any atom is -0.309 e. The van der Waals surface area contributed by atoms with Crippen molar-refractivity contribution in [1.82, 2.24) is 0 Å². The topological polar surface area (TPSA) is 20.3 Å². The van der Waals surface area contributed by atoms with Gasteiger partial charge in [-0.3, -0.25) is 4.79 Å². The molecule has 0 aliphatic carbocycles. The number of amides is 1. The second-order valence-electron chi connectivity index (χ2n) is 4.14. The Morgan fingerprint density at radius 2 is 2.14 bits per heavy atom. The van der Waals surface area contributed by atoms with Crippen LogP contribution in [0, 0.1) is 0 Å². The molecule has 0 N–H and O–H groups in total. The van der Waals surface area contributed by atoms with Gasteiger partial charge in [0.05, 0.1) is 0 Å². The molecule has 0 aromatic heterocycles. The van der Waals surface area contributed by atoms with E-state index in [0.29, 0.717) is 11.9 Å². The predicted molar refractivity (Wildman–Crippen MR) is 55.3 cm³/mol. The Morgan fingerprint density at radius 3 is 3.07 bits per heavy atom. The maximum atomic E-state index is 11.8. The second-order valence-corrected chi connectivity index (χ2v) is 4.14. The van der Waals surface area contributed by atoms with Crippen molar-refractivity contribution in [2.75, 3.05) is 4.90 Å². The minimum atomic E-state index is 0.311. The molecule has 1 aromatic carbocycles. The molecule has 3 rings (SSSR count). The molecule has 1 saturated heterocycles. The van der Waals surface area contributed by atoms with Crippen molar-refractivity contribution in [3.8, 4) is 0 Å². The Balaban J connectivity index is 2.07. The average molecular weight is 187 g/mol. The van der Waals surface area contributed by atoms with E-state index in [9.17, 15) is 4.79 Å². The molecular formula is C12H13NO. The van der Waals surface area contributed by atoms with Crippen molar-refractivity contribution in [1.29, 1.82) is 0 Å². The summed E-state index contributed by atoms with van der Waals surface area (Å²) in [5.41, 5.74) is 2.50. The molecule has 72 valence electrons. The molecule has 1 fully saturated rings. The molecule has 1 unspecified atom stereocenters. The quantitative estimate of drug-likeness (QED) is 0.609. The number of anilines is 1. The van der Waals surface area contributed by atoms with Crippen molar-refractivity contribution >= 4 is 11.6 Å². The van der Waals surface area contributed by atoms with Crippen LogP contribution >= 0.6 is 0 Å². The number of hydrogen-bond acceptors (Lipinski definition) is 1. The summed E-state index contributed by atoms with van der Waals surface area (Å²) in [5, 5.41) is 0. The fourth-order valence-electron chi connectivity index (χ4n) is 2.64. The van der Waals surface area contributed by atoms with Crippen LogP contribution in [0.15, 0.2) is 24.3 Å². The van der Waals surface area contributed by atoms with Crippen LogP contribution in [0.1, 0.15) is 24.8 Å². The highest BCUT2D eigenvalue weighted by molar-refractivity contribution is 5.96. The van der Waals surface area contributed by atoms with Gasteiger partial charge < -0.3 is 4.90 Å². The van der Waals surface area contributed by atoms with E-state index in [1.54, 1.807) is 0 Å². The van der Waals surface area contributed by atoms with Crippen molar-refractivity contribution in [2.45, 2.75) is 31.7 Å². The molecule has 0 radical (unpaired) electrons. The van der Waals surface area contributed by atoms with E-state index in [4.69, 9.17) is 0 Å². The summed E-state index contributed by atoms with van der Waals surface area (Å²) < 4.78 is 0. The largest absolute Gasteiger partial charge is 0.309 e. The van der Waals surface area contributed by atoms with E-state index in [2.05, 4.69) is 18.2 Å². The van der Waals surface area contributed by atoms with Gasteiger partial charge in [0.1, 0.15) is 0 Å². The normalized spacial score (nSPS) is 24.7.